The smallest absolute Gasteiger partial charge is 0.135 e. The summed E-state index contributed by atoms with van der Waals surface area (Å²) in [4.78, 5) is 0. The Bertz CT molecular complexity index is 2450. The van der Waals surface area contributed by atoms with E-state index in [0.717, 1.165) is 77.3 Å². The maximum Gasteiger partial charge on any atom is 0.135 e. The Morgan fingerprint density at radius 2 is 0.841 bits per heavy atom. The van der Waals surface area contributed by atoms with Crippen LogP contribution in [0.2, 0.25) is 0 Å². The lowest BCUT2D eigenvalue weighted by Crippen LogP contribution is -1.89. The minimum atomic E-state index is 0.576. The third-order valence-corrected chi connectivity index (χ3v) is 8.15. The fourth-order valence-electron chi connectivity index (χ4n) is 6.00. The molecule has 202 valence electrons. The average molecular weight is 562 g/mol. The van der Waals surface area contributed by atoms with Crippen molar-refractivity contribution in [3.8, 4) is 51.6 Å². The highest BCUT2D eigenvalue weighted by Crippen LogP contribution is 2.39. The highest BCUT2D eigenvalue weighted by Gasteiger charge is 2.15. The molecule has 0 N–H and O–H groups in total. The first-order chi connectivity index (χ1) is 21.6. The number of benzene rings is 6. The van der Waals surface area contributed by atoms with Crippen molar-refractivity contribution in [2.75, 3.05) is 0 Å². The molecular weight excluding hydrogens is 542 g/mol. The Balaban J connectivity index is 1.36. The summed E-state index contributed by atoms with van der Waals surface area (Å²) < 4.78 is 12.1. The summed E-state index contributed by atoms with van der Waals surface area (Å²) in [5, 5.41) is 32.5. The van der Waals surface area contributed by atoms with Gasteiger partial charge >= 0.3 is 0 Å². The van der Waals surface area contributed by atoms with Gasteiger partial charge in [0.25, 0.3) is 0 Å². The van der Waals surface area contributed by atoms with Crippen LogP contribution in [0.15, 0.2) is 124 Å². The Hall–Kier alpha value is -6.61. The van der Waals surface area contributed by atoms with Crippen LogP contribution in [0.4, 0.5) is 0 Å². The standard InChI is InChI=1S/C39H19N3O2/c40-20-23-5-9-36-32(13-23)34-18-25(7-11-38(34)43-36)28-15-29(17-30(16-28)31-4-2-1-3-27(31)22-42)26-8-12-39-35(19-26)33-14-24(21-41)6-10-37(33)44-39/h1-19H. The molecule has 0 saturated carbocycles. The van der Waals surface area contributed by atoms with E-state index < -0.39 is 0 Å². The van der Waals surface area contributed by atoms with Crippen LogP contribution in [-0.4, -0.2) is 0 Å². The monoisotopic (exact) mass is 561 g/mol. The molecule has 5 heteroatoms. The van der Waals surface area contributed by atoms with E-state index in [0.29, 0.717) is 16.7 Å². The molecule has 0 unspecified atom stereocenters. The van der Waals surface area contributed by atoms with E-state index in [1.54, 1.807) is 12.1 Å². The van der Waals surface area contributed by atoms with Gasteiger partial charge in [-0.15, -0.1) is 0 Å². The molecule has 0 spiro atoms. The van der Waals surface area contributed by atoms with Crippen LogP contribution in [-0.2, 0) is 0 Å². The van der Waals surface area contributed by atoms with Gasteiger partial charge in [0.15, 0.2) is 0 Å². The number of hydrogen-bond donors (Lipinski definition) is 0. The van der Waals surface area contributed by atoms with Crippen LogP contribution in [0.1, 0.15) is 16.7 Å². The topological polar surface area (TPSA) is 97.7 Å². The number of hydrogen-bond acceptors (Lipinski definition) is 5. The van der Waals surface area contributed by atoms with Gasteiger partial charge in [0, 0.05) is 21.5 Å². The van der Waals surface area contributed by atoms with Crippen molar-refractivity contribution >= 4 is 43.9 Å². The van der Waals surface area contributed by atoms with E-state index in [1.807, 2.05) is 72.8 Å². The largest absolute Gasteiger partial charge is 0.456 e. The average Bonchev–Trinajstić information content (AvgIpc) is 3.64. The molecule has 8 aromatic rings. The molecule has 0 aliphatic rings. The molecule has 0 amide bonds. The molecule has 2 aromatic heterocycles. The lowest BCUT2D eigenvalue weighted by molar-refractivity contribution is 0.668. The fraction of sp³-hybridized carbons (Fsp3) is 0. The second-order valence-corrected chi connectivity index (χ2v) is 10.7. The first-order valence-electron chi connectivity index (χ1n) is 14.0. The van der Waals surface area contributed by atoms with Gasteiger partial charge in [-0.05, 0) is 118 Å². The second kappa shape index (κ2) is 9.74. The van der Waals surface area contributed by atoms with Crippen LogP contribution in [0, 0.1) is 34.0 Å². The molecule has 8 rings (SSSR count). The highest BCUT2D eigenvalue weighted by atomic mass is 16.3. The van der Waals surface area contributed by atoms with Crippen LogP contribution in [0.3, 0.4) is 0 Å². The van der Waals surface area contributed by atoms with E-state index in [1.165, 1.54) is 0 Å². The van der Waals surface area contributed by atoms with Crippen LogP contribution >= 0.6 is 0 Å². The summed E-state index contributed by atoms with van der Waals surface area (Å²) in [5.41, 5.74) is 10.4. The summed E-state index contributed by atoms with van der Waals surface area (Å²) in [5.74, 6) is 0. The number of furan rings is 2. The van der Waals surface area contributed by atoms with Gasteiger partial charge in [-0.25, -0.2) is 0 Å². The predicted molar refractivity (Wildman–Crippen MR) is 171 cm³/mol. The van der Waals surface area contributed by atoms with Crippen LogP contribution in [0.25, 0.3) is 77.3 Å². The van der Waals surface area contributed by atoms with Crippen molar-refractivity contribution < 1.29 is 8.83 Å². The molecule has 0 aliphatic heterocycles. The Kier molecular flexibility index (Phi) is 5.56. The molecule has 2 heterocycles. The van der Waals surface area contributed by atoms with E-state index in [2.05, 4.69) is 48.5 Å². The second-order valence-electron chi connectivity index (χ2n) is 10.7. The van der Waals surface area contributed by atoms with Gasteiger partial charge in [0.2, 0.25) is 0 Å². The molecule has 0 bridgehead atoms. The van der Waals surface area contributed by atoms with Crippen molar-refractivity contribution in [3.05, 3.63) is 132 Å². The van der Waals surface area contributed by atoms with Gasteiger partial charge in [-0.2, -0.15) is 15.8 Å². The van der Waals surface area contributed by atoms with Gasteiger partial charge in [0.05, 0.1) is 34.9 Å². The molecule has 44 heavy (non-hydrogen) atoms. The van der Waals surface area contributed by atoms with Gasteiger partial charge in [0.1, 0.15) is 22.3 Å². The van der Waals surface area contributed by atoms with Crippen molar-refractivity contribution in [3.63, 3.8) is 0 Å². The van der Waals surface area contributed by atoms with E-state index in [4.69, 9.17) is 8.83 Å². The normalized spacial score (nSPS) is 11.1. The van der Waals surface area contributed by atoms with Gasteiger partial charge < -0.3 is 8.83 Å². The van der Waals surface area contributed by atoms with E-state index >= 15 is 0 Å². The quantitative estimate of drug-likeness (QED) is 0.214. The Morgan fingerprint density at radius 3 is 1.34 bits per heavy atom. The molecule has 0 atom stereocenters. The van der Waals surface area contributed by atoms with Crippen molar-refractivity contribution in [1.82, 2.24) is 0 Å². The zero-order valence-corrected chi connectivity index (χ0v) is 23.1. The zero-order valence-electron chi connectivity index (χ0n) is 23.1. The number of nitriles is 3. The first-order valence-corrected chi connectivity index (χ1v) is 14.0. The molecule has 5 nitrogen and oxygen atoms in total. The molecule has 0 fully saturated rings. The molecular formula is C39H19N3O2. The Morgan fingerprint density at radius 1 is 0.386 bits per heavy atom. The minimum absolute atomic E-state index is 0.576. The zero-order chi connectivity index (χ0) is 29.8. The highest BCUT2D eigenvalue weighted by molar-refractivity contribution is 6.08. The summed E-state index contributed by atoms with van der Waals surface area (Å²) in [7, 11) is 0. The fourth-order valence-corrected chi connectivity index (χ4v) is 6.00. The molecule has 0 saturated heterocycles. The summed E-state index contributed by atoms with van der Waals surface area (Å²) in [6, 6.07) is 43.8. The summed E-state index contributed by atoms with van der Waals surface area (Å²) >= 11 is 0. The lowest BCUT2D eigenvalue weighted by atomic mass is 9.91. The third-order valence-electron chi connectivity index (χ3n) is 8.15. The maximum atomic E-state index is 9.91. The van der Waals surface area contributed by atoms with Crippen LogP contribution < -0.4 is 0 Å². The summed E-state index contributed by atoms with van der Waals surface area (Å²) in [6.07, 6.45) is 0. The Labute approximate surface area is 251 Å². The maximum absolute atomic E-state index is 9.91. The molecule has 6 aromatic carbocycles. The third kappa shape index (κ3) is 3.99. The summed E-state index contributed by atoms with van der Waals surface area (Å²) in [6.45, 7) is 0. The van der Waals surface area contributed by atoms with Crippen molar-refractivity contribution in [2.24, 2.45) is 0 Å². The van der Waals surface area contributed by atoms with E-state index in [9.17, 15) is 15.8 Å². The molecule has 0 radical (unpaired) electrons. The number of nitrogens with zero attached hydrogens (tertiary/aromatic N) is 3. The van der Waals surface area contributed by atoms with E-state index in [-0.39, 0.29) is 0 Å². The SMILES string of the molecule is N#Cc1ccc2oc3ccc(-c4cc(-c5ccc6oc7ccc(C#N)cc7c6c5)cc(-c5ccccc5C#N)c4)cc3c2c1. The van der Waals surface area contributed by atoms with Crippen molar-refractivity contribution in [1.29, 1.82) is 15.8 Å². The molecule has 0 aliphatic carbocycles. The number of rotatable bonds is 3. The lowest BCUT2D eigenvalue weighted by Gasteiger charge is -2.12. The minimum Gasteiger partial charge on any atom is -0.456 e. The van der Waals surface area contributed by atoms with Crippen molar-refractivity contribution in [2.45, 2.75) is 0 Å². The number of fused-ring (bicyclic) bond motifs is 6. The predicted octanol–water partition coefficient (Wildman–Crippen LogP) is 10.1. The van der Waals surface area contributed by atoms with Crippen LogP contribution in [0.5, 0.6) is 0 Å². The van der Waals surface area contributed by atoms with Gasteiger partial charge in [-0.1, -0.05) is 30.3 Å². The van der Waals surface area contributed by atoms with Gasteiger partial charge in [-0.3, -0.25) is 0 Å². The first kappa shape index (κ1) is 25.1.